The number of nitrogens with zero attached hydrogens (tertiary/aromatic N) is 2. The van der Waals surface area contributed by atoms with Gasteiger partial charge in [0.1, 0.15) is 5.75 Å². The van der Waals surface area contributed by atoms with E-state index in [1.807, 2.05) is 0 Å². The second kappa shape index (κ2) is 8.58. The highest BCUT2D eigenvalue weighted by atomic mass is 19.4. The van der Waals surface area contributed by atoms with Gasteiger partial charge in [-0.05, 0) is 29.8 Å². The standard InChI is InChI=1S/C22H21F3N2O4/c23-22(24,25)16-7-5-15(6-8-16)13-20(28)27-14-19(21(29)26-9-11-30-12-10-26)31-18-4-2-1-3-17(18)27/h1-8,19H,9-14H2. The third-order valence-electron chi connectivity index (χ3n) is 5.31. The highest BCUT2D eigenvalue weighted by Gasteiger charge is 2.36. The maximum absolute atomic E-state index is 13.1. The van der Waals surface area contributed by atoms with E-state index in [4.69, 9.17) is 9.47 Å². The number of hydrogen-bond acceptors (Lipinski definition) is 4. The fraction of sp³-hybridized carbons (Fsp3) is 0.364. The Kier molecular flexibility index (Phi) is 5.86. The van der Waals surface area contributed by atoms with Gasteiger partial charge in [0.15, 0.2) is 6.10 Å². The Bertz CT molecular complexity index is 956. The van der Waals surface area contributed by atoms with Crippen molar-refractivity contribution in [2.24, 2.45) is 0 Å². The molecule has 0 aromatic heterocycles. The van der Waals surface area contributed by atoms with Crippen LogP contribution >= 0.6 is 0 Å². The first-order valence-corrected chi connectivity index (χ1v) is 9.91. The number of morpholine rings is 1. The first kappa shape index (κ1) is 21.2. The van der Waals surface area contributed by atoms with Gasteiger partial charge in [0.05, 0.1) is 37.4 Å². The van der Waals surface area contributed by atoms with Crippen molar-refractivity contribution in [2.45, 2.75) is 18.7 Å². The number of alkyl halides is 3. The van der Waals surface area contributed by atoms with E-state index in [9.17, 15) is 22.8 Å². The fourth-order valence-electron chi connectivity index (χ4n) is 3.67. The number of anilines is 1. The third kappa shape index (κ3) is 4.66. The van der Waals surface area contributed by atoms with Gasteiger partial charge in [0, 0.05) is 13.1 Å². The van der Waals surface area contributed by atoms with Crippen LogP contribution in [-0.4, -0.2) is 55.7 Å². The summed E-state index contributed by atoms with van der Waals surface area (Å²) in [4.78, 5) is 29.1. The predicted molar refractivity (Wildman–Crippen MR) is 106 cm³/mol. The zero-order valence-corrected chi connectivity index (χ0v) is 16.6. The van der Waals surface area contributed by atoms with Gasteiger partial charge in [0.25, 0.3) is 5.91 Å². The van der Waals surface area contributed by atoms with Gasteiger partial charge in [0.2, 0.25) is 5.91 Å². The van der Waals surface area contributed by atoms with Crippen LogP contribution < -0.4 is 9.64 Å². The van der Waals surface area contributed by atoms with Gasteiger partial charge >= 0.3 is 6.18 Å². The van der Waals surface area contributed by atoms with Gasteiger partial charge in [-0.2, -0.15) is 13.2 Å². The minimum absolute atomic E-state index is 0.0344. The largest absolute Gasteiger partial charge is 0.476 e. The van der Waals surface area contributed by atoms with Crippen LogP contribution in [0.3, 0.4) is 0 Å². The van der Waals surface area contributed by atoms with E-state index in [0.29, 0.717) is 43.3 Å². The lowest BCUT2D eigenvalue weighted by Gasteiger charge is -2.37. The molecule has 1 atom stereocenters. The fourth-order valence-corrected chi connectivity index (χ4v) is 3.67. The SMILES string of the molecule is O=C(C1CN(C(=O)Cc2ccc(C(F)(F)F)cc2)c2ccccc2O1)N1CCOCC1. The molecule has 2 aliphatic rings. The number of para-hydroxylation sites is 2. The molecule has 0 spiro atoms. The van der Waals surface area contributed by atoms with Gasteiger partial charge in [-0.3, -0.25) is 9.59 Å². The molecule has 0 bridgehead atoms. The molecule has 2 aromatic rings. The summed E-state index contributed by atoms with van der Waals surface area (Å²) in [5, 5.41) is 0. The lowest BCUT2D eigenvalue weighted by molar-refractivity contribution is -0.143. The minimum Gasteiger partial charge on any atom is -0.476 e. The highest BCUT2D eigenvalue weighted by molar-refractivity contribution is 5.98. The molecular weight excluding hydrogens is 413 g/mol. The Morgan fingerprint density at radius 1 is 1.00 bits per heavy atom. The molecule has 164 valence electrons. The number of benzene rings is 2. The molecule has 2 aliphatic heterocycles. The zero-order valence-electron chi connectivity index (χ0n) is 16.6. The van der Waals surface area contributed by atoms with E-state index in [-0.39, 0.29) is 24.8 Å². The van der Waals surface area contributed by atoms with Crippen LogP contribution in [0.25, 0.3) is 0 Å². The molecule has 0 saturated carbocycles. The molecule has 1 saturated heterocycles. The molecule has 2 aromatic carbocycles. The van der Waals surface area contributed by atoms with Crippen LogP contribution in [0.5, 0.6) is 5.75 Å². The van der Waals surface area contributed by atoms with Gasteiger partial charge in [-0.1, -0.05) is 24.3 Å². The average Bonchev–Trinajstić information content (AvgIpc) is 2.78. The van der Waals surface area contributed by atoms with Gasteiger partial charge < -0.3 is 19.3 Å². The summed E-state index contributed by atoms with van der Waals surface area (Å²) in [6, 6.07) is 11.4. The molecular formula is C22H21F3N2O4. The number of ether oxygens (including phenoxy) is 2. The van der Waals surface area contributed by atoms with E-state index >= 15 is 0 Å². The number of fused-ring (bicyclic) bond motifs is 1. The van der Waals surface area contributed by atoms with E-state index in [2.05, 4.69) is 0 Å². The minimum atomic E-state index is -4.43. The van der Waals surface area contributed by atoms with Crippen LogP contribution in [0.15, 0.2) is 48.5 Å². The van der Waals surface area contributed by atoms with Crippen molar-refractivity contribution in [1.29, 1.82) is 0 Å². The molecule has 0 N–H and O–H groups in total. The summed E-state index contributed by atoms with van der Waals surface area (Å²) in [5.74, 6) is -0.124. The third-order valence-corrected chi connectivity index (χ3v) is 5.31. The lowest BCUT2D eigenvalue weighted by atomic mass is 10.1. The van der Waals surface area contributed by atoms with Crippen LogP contribution in [0.1, 0.15) is 11.1 Å². The van der Waals surface area contributed by atoms with Crippen molar-refractivity contribution in [3.8, 4) is 5.75 Å². The quantitative estimate of drug-likeness (QED) is 0.746. The maximum Gasteiger partial charge on any atom is 0.416 e. The van der Waals surface area contributed by atoms with E-state index < -0.39 is 17.8 Å². The molecule has 0 radical (unpaired) electrons. The Hall–Kier alpha value is -3.07. The molecule has 0 aliphatic carbocycles. The van der Waals surface area contributed by atoms with E-state index in [1.165, 1.54) is 17.0 Å². The van der Waals surface area contributed by atoms with Crippen LogP contribution in [0, 0.1) is 0 Å². The molecule has 1 fully saturated rings. The number of carbonyl (C=O) groups is 2. The number of carbonyl (C=O) groups excluding carboxylic acids is 2. The Morgan fingerprint density at radius 2 is 1.68 bits per heavy atom. The molecule has 6 nitrogen and oxygen atoms in total. The summed E-state index contributed by atoms with van der Waals surface area (Å²) >= 11 is 0. The zero-order chi connectivity index (χ0) is 22.0. The van der Waals surface area contributed by atoms with Crippen molar-refractivity contribution >= 4 is 17.5 Å². The van der Waals surface area contributed by atoms with Crippen molar-refractivity contribution in [3.05, 3.63) is 59.7 Å². The monoisotopic (exact) mass is 434 g/mol. The summed E-state index contributed by atoms with van der Waals surface area (Å²) in [6.07, 6.45) is -5.38. The molecule has 31 heavy (non-hydrogen) atoms. The van der Waals surface area contributed by atoms with Crippen molar-refractivity contribution in [2.75, 3.05) is 37.7 Å². The van der Waals surface area contributed by atoms with E-state index in [0.717, 1.165) is 12.1 Å². The number of halogens is 3. The van der Waals surface area contributed by atoms with Crippen LogP contribution in [-0.2, 0) is 26.9 Å². The first-order chi connectivity index (χ1) is 14.8. The van der Waals surface area contributed by atoms with Crippen LogP contribution in [0.4, 0.5) is 18.9 Å². The number of rotatable bonds is 3. The lowest BCUT2D eigenvalue weighted by Crippen LogP contribution is -2.54. The summed E-state index contributed by atoms with van der Waals surface area (Å²) in [6.45, 7) is 1.85. The van der Waals surface area contributed by atoms with Crippen LogP contribution in [0.2, 0.25) is 0 Å². The maximum atomic E-state index is 13.1. The summed E-state index contributed by atoms with van der Waals surface area (Å²) in [5.41, 5.74) is 0.222. The normalized spacial score (nSPS) is 18.9. The predicted octanol–water partition coefficient (Wildman–Crippen LogP) is 2.90. The number of amides is 2. The molecule has 1 unspecified atom stereocenters. The second-order valence-corrected chi connectivity index (χ2v) is 7.39. The molecule has 4 rings (SSSR count). The average molecular weight is 434 g/mol. The Morgan fingerprint density at radius 3 is 2.35 bits per heavy atom. The van der Waals surface area contributed by atoms with Crippen molar-refractivity contribution in [1.82, 2.24) is 4.90 Å². The molecule has 2 heterocycles. The summed E-state index contributed by atoms with van der Waals surface area (Å²) < 4.78 is 49.5. The smallest absolute Gasteiger partial charge is 0.416 e. The summed E-state index contributed by atoms with van der Waals surface area (Å²) in [7, 11) is 0. The Labute approximate surface area is 177 Å². The van der Waals surface area contributed by atoms with E-state index in [1.54, 1.807) is 29.2 Å². The molecule has 2 amide bonds. The van der Waals surface area contributed by atoms with Gasteiger partial charge in [-0.25, -0.2) is 0 Å². The Balaban J connectivity index is 1.52. The molecule has 9 heteroatoms. The first-order valence-electron chi connectivity index (χ1n) is 9.91. The van der Waals surface area contributed by atoms with Crippen molar-refractivity contribution < 1.29 is 32.2 Å². The number of hydrogen-bond donors (Lipinski definition) is 0. The van der Waals surface area contributed by atoms with Crippen molar-refractivity contribution in [3.63, 3.8) is 0 Å². The second-order valence-electron chi connectivity index (χ2n) is 7.39. The highest BCUT2D eigenvalue weighted by Crippen LogP contribution is 2.34. The topological polar surface area (TPSA) is 59.1 Å². The van der Waals surface area contributed by atoms with Gasteiger partial charge in [-0.15, -0.1) is 0 Å².